The van der Waals surface area contributed by atoms with Gasteiger partial charge in [-0.05, 0) is 45.4 Å². The summed E-state index contributed by atoms with van der Waals surface area (Å²) in [5.41, 5.74) is 5.96. The van der Waals surface area contributed by atoms with Gasteiger partial charge < -0.3 is 9.47 Å². The molecule has 0 saturated carbocycles. The number of imidazole rings is 1. The maximum absolute atomic E-state index is 12.8. The molecule has 1 aromatic heterocycles. The highest BCUT2D eigenvalue weighted by atomic mass is 16.1. The zero-order chi connectivity index (χ0) is 21.4. The Morgan fingerprint density at radius 2 is 1.43 bits per heavy atom. The second-order valence-corrected chi connectivity index (χ2v) is 7.73. The normalized spacial score (nSPS) is 15.3. The van der Waals surface area contributed by atoms with E-state index >= 15 is 0 Å². The Hall–Kier alpha value is -3.47. The lowest BCUT2D eigenvalue weighted by Crippen LogP contribution is -2.34. The molecule has 0 aliphatic carbocycles. The molecule has 3 aromatic rings. The number of fused-ring (bicyclic) bond motifs is 1. The third kappa shape index (κ3) is 3.26. The first-order valence-corrected chi connectivity index (χ1v) is 10.1. The molecule has 152 valence electrons. The van der Waals surface area contributed by atoms with Crippen LogP contribution in [0.25, 0.3) is 11.0 Å². The van der Waals surface area contributed by atoms with Gasteiger partial charge in [-0.25, -0.2) is 4.98 Å². The molecule has 0 fully saturated rings. The van der Waals surface area contributed by atoms with Crippen LogP contribution in [0.5, 0.6) is 0 Å². The van der Waals surface area contributed by atoms with Crippen molar-refractivity contribution in [2.75, 3.05) is 0 Å². The number of aromatic nitrogens is 2. The van der Waals surface area contributed by atoms with E-state index in [1.54, 1.807) is 20.2 Å². The van der Waals surface area contributed by atoms with Gasteiger partial charge in [-0.1, -0.05) is 42.5 Å². The first-order chi connectivity index (χ1) is 14.4. The summed E-state index contributed by atoms with van der Waals surface area (Å²) in [6.07, 6.45) is 1.80. The summed E-state index contributed by atoms with van der Waals surface area (Å²) in [4.78, 5) is 32.1. The number of carbonyl (C=O) groups excluding carboxylic acids is 2. The summed E-state index contributed by atoms with van der Waals surface area (Å²) in [6.45, 7) is 7.57. The average Bonchev–Trinajstić information content (AvgIpc) is 3.13. The zero-order valence-corrected chi connectivity index (χ0v) is 17.7. The van der Waals surface area contributed by atoms with Crippen LogP contribution in [0.15, 0.2) is 83.5 Å². The van der Waals surface area contributed by atoms with E-state index in [4.69, 9.17) is 0 Å². The first kappa shape index (κ1) is 19.8. The molecule has 30 heavy (non-hydrogen) atoms. The molecule has 2 heterocycles. The molecule has 0 atom stereocenters. The standard InChI is InChI=1S/C25H25N3O2/c1-16-23(18(3)29)25(20-10-6-5-7-11-20)24(19(4)30)17(2)28(16)15-27-14-26-21-12-8-9-13-22(21)27/h5-14,25H,15H2,1-4H3. The molecule has 0 radical (unpaired) electrons. The van der Waals surface area contributed by atoms with Gasteiger partial charge in [0.15, 0.2) is 11.6 Å². The molecule has 0 bridgehead atoms. The summed E-state index contributed by atoms with van der Waals surface area (Å²) in [6, 6.07) is 17.7. The molecule has 1 aliphatic rings. The Balaban J connectivity index is 1.88. The van der Waals surface area contributed by atoms with Crippen molar-refractivity contribution in [3.05, 3.63) is 89.0 Å². The SMILES string of the molecule is CC(=O)C1=C(C)N(Cn2cnc3ccccc32)C(C)=C(C(C)=O)C1c1ccccc1. The molecule has 2 aromatic carbocycles. The van der Waals surface area contributed by atoms with Crippen molar-refractivity contribution in [2.45, 2.75) is 40.3 Å². The lowest BCUT2D eigenvalue weighted by Gasteiger charge is -2.38. The molecule has 5 nitrogen and oxygen atoms in total. The Morgan fingerprint density at radius 1 is 0.867 bits per heavy atom. The highest BCUT2D eigenvalue weighted by molar-refractivity contribution is 6.03. The van der Waals surface area contributed by atoms with Gasteiger partial charge in [0.1, 0.15) is 6.67 Å². The Morgan fingerprint density at radius 3 is 2.03 bits per heavy atom. The summed E-state index contributed by atoms with van der Waals surface area (Å²) < 4.78 is 2.04. The van der Waals surface area contributed by atoms with Crippen LogP contribution in [0.2, 0.25) is 0 Å². The van der Waals surface area contributed by atoms with E-state index in [-0.39, 0.29) is 17.5 Å². The maximum Gasteiger partial charge on any atom is 0.158 e. The highest BCUT2D eigenvalue weighted by Gasteiger charge is 2.36. The van der Waals surface area contributed by atoms with Crippen LogP contribution < -0.4 is 0 Å². The number of hydrogen-bond acceptors (Lipinski definition) is 4. The van der Waals surface area contributed by atoms with Crippen molar-refractivity contribution < 1.29 is 9.59 Å². The number of allylic oxidation sites excluding steroid dienone is 4. The fourth-order valence-electron chi connectivity index (χ4n) is 4.49. The first-order valence-electron chi connectivity index (χ1n) is 10.1. The predicted octanol–water partition coefficient (Wildman–Crippen LogP) is 4.82. The quantitative estimate of drug-likeness (QED) is 0.617. The van der Waals surface area contributed by atoms with Crippen LogP contribution in [-0.4, -0.2) is 26.0 Å². The van der Waals surface area contributed by atoms with Crippen molar-refractivity contribution in [3.8, 4) is 0 Å². The van der Waals surface area contributed by atoms with Crippen molar-refractivity contribution in [1.29, 1.82) is 0 Å². The van der Waals surface area contributed by atoms with Crippen molar-refractivity contribution >= 4 is 22.6 Å². The molecule has 0 unspecified atom stereocenters. The van der Waals surface area contributed by atoms with Gasteiger partial charge in [-0.15, -0.1) is 0 Å². The maximum atomic E-state index is 12.8. The van der Waals surface area contributed by atoms with E-state index in [1.165, 1.54) is 0 Å². The number of para-hydroxylation sites is 2. The number of benzene rings is 2. The minimum absolute atomic E-state index is 0.0203. The van der Waals surface area contributed by atoms with Gasteiger partial charge in [0.2, 0.25) is 0 Å². The van der Waals surface area contributed by atoms with Crippen LogP contribution in [0, 0.1) is 0 Å². The molecule has 5 heteroatoms. The van der Waals surface area contributed by atoms with E-state index in [1.807, 2.05) is 73.0 Å². The summed E-state index contributed by atoms with van der Waals surface area (Å²) in [7, 11) is 0. The summed E-state index contributed by atoms with van der Waals surface area (Å²) in [5.74, 6) is -0.391. The number of rotatable bonds is 5. The summed E-state index contributed by atoms with van der Waals surface area (Å²) in [5, 5.41) is 0. The second kappa shape index (κ2) is 7.75. The van der Waals surface area contributed by atoms with E-state index in [0.29, 0.717) is 17.8 Å². The summed E-state index contributed by atoms with van der Waals surface area (Å²) >= 11 is 0. The lowest BCUT2D eigenvalue weighted by molar-refractivity contribution is -0.114. The molecule has 0 spiro atoms. The lowest BCUT2D eigenvalue weighted by atomic mass is 9.77. The van der Waals surface area contributed by atoms with Crippen LogP contribution in [-0.2, 0) is 16.3 Å². The molecular formula is C25H25N3O2. The Kier molecular flexibility index (Phi) is 5.12. The molecule has 0 amide bonds. The van der Waals surface area contributed by atoms with Gasteiger partial charge in [0.25, 0.3) is 0 Å². The monoisotopic (exact) mass is 399 g/mol. The van der Waals surface area contributed by atoms with E-state index in [9.17, 15) is 9.59 Å². The van der Waals surface area contributed by atoms with Crippen molar-refractivity contribution in [1.82, 2.24) is 14.5 Å². The third-order valence-electron chi connectivity index (χ3n) is 5.88. The van der Waals surface area contributed by atoms with Crippen LogP contribution in [0.1, 0.15) is 39.2 Å². The Labute approximate surface area is 176 Å². The molecular weight excluding hydrogens is 374 g/mol. The molecule has 1 aliphatic heterocycles. The van der Waals surface area contributed by atoms with E-state index in [2.05, 4.69) is 9.88 Å². The fraction of sp³-hybridized carbons (Fsp3) is 0.240. The number of Topliss-reactive ketones (excluding diaryl/α,β-unsaturated/α-hetero) is 2. The highest BCUT2D eigenvalue weighted by Crippen LogP contribution is 2.42. The van der Waals surface area contributed by atoms with Crippen LogP contribution in [0.4, 0.5) is 0 Å². The average molecular weight is 399 g/mol. The van der Waals surface area contributed by atoms with Crippen molar-refractivity contribution in [3.63, 3.8) is 0 Å². The van der Waals surface area contributed by atoms with E-state index < -0.39 is 0 Å². The third-order valence-corrected chi connectivity index (χ3v) is 5.88. The van der Waals surface area contributed by atoms with Gasteiger partial charge >= 0.3 is 0 Å². The minimum Gasteiger partial charge on any atom is -0.330 e. The molecule has 0 N–H and O–H groups in total. The minimum atomic E-state index is -0.350. The van der Waals surface area contributed by atoms with E-state index in [0.717, 1.165) is 28.0 Å². The zero-order valence-electron chi connectivity index (χ0n) is 17.7. The van der Waals surface area contributed by atoms with Crippen LogP contribution >= 0.6 is 0 Å². The molecule has 4 rings (SSSR count). The number of carbonyl (C=O) groups is 2. The van der Waals surface area contributed by atoms with Crippen LogP contribution in [0.3, 0.4) is 0 Å². The van der Waals surface area contributed by atoms with Gasteiger partial charge in [-0.2, -0.15) is 0 Å². The molecule has 0 saturated heterocycles. The van der Waals surface area contributed by atoms with Crippen molar-refractivity contribution in [2.24, 2.45) is 0 Å². The number of hydrogen-bond donors (Lipinski definition) is 0. The fourth-order valence-corrected chi connectivity index (χ4v) is 4.49. The topological polar surface area (TPSA) is 55.2 Å². The van der Waals surface area contributed by atoms with Gasteiger partial charge in [0, 0.05) is 28.5 Å². The predicted molar refractivity (Wildman–Crippen MR) is 118 cm³/mol. The smallest absolute Gasteiger partial charge is 0.158 e. The van der Waals surface area contributed by atoms with Gasteiger partial charge in [0.05, 0.1) is 17.4 Å². The second-order valence-electron chi connectivity index (χ2n) is 7.73. The Bertz CT molecular complexity index is 1160. The number of ketones is 2. The largest absolute Gasteiger partial charge is 0.330 e. The van der Waals surface area contributed by atoms with Gasteiger partial charge in [-0.3, -0.25) is 9.59 Å². The number of nitrogens with zero attached hydrogens (tertiary/aromatic N) is 3.